The molecule has 0 aliphatic rings. The molecule has 0 bridgehead atoms. The topological polar surface area (TPSA) is 26.3 Å². The minimum Gasteiger partial charge on any atom is -0.495 e. The number of thiophene rings is 1. The highest BCUT2D eigenvalue weighted by Crippen LogP contribution is 2.35. The van der Waals surface area contributed by atoms with Gasteiger partial charge in [-0.25, -0.2) is 0 Å². The third-order valence-corrected chi connectivity index (χ3v) is 3.91. The molecule has 2 aromatic rings. The van der Waals surface area contributed by atoms with Crippen molar-refractivity contribution >= 4 is 50.3 Å². The van der Waals surface area contributed by atoms with Gasteiger partial charge in [0.05, 0.1) is 14.7 Å². The first kappa shape index (κ1) is 9.92. The highest BCUT2D eigenvalue weighted by molar-refractivity contribution is 14.1. The van der Waals surface area contributed by atoms with Crippen molar-refractivity contribution in [1.82, 2.24) is 0 Å². The van der Waals surface area contributed by atoms with E-state index in [9.17, 15) is 4.79 Å². The molecule has 0 amide bonds. The minimum atomic E-state index is 0.722. The zero-order valence-corrected chi connectivity index (χ0v) is 10.4. The van der Waals surface area contributed by atoms with E-state index in [1.165, 1.54) is 0 Å². The number of fused-ring (bicyclic) bond motifs is 1. The van der Waals surface area contributed by atoms with Gasteiger partial charge in [0.2, 0.25) is 0 Å². The summed E-state index contributed by atoms with van der Waals surface area (Å²) in [7, 11) is 1.64. The van der Waals surface area contributed by atoms with Crippen LogP contribution >= 0.6 is 33.9 Å². The largest absolute Gasteiger partial charge is 0.495 e. The van der Waals surface area contributed by atoms with Crippen LogP contribution in [0.5, 0.6) is 5.75 Å². The predicted molar refractivity (Wildman–Crippen MR) is 66.5 cm³/mol. The van der Waals surface area contributed by atoms with Gasteiger partial charge < -0.3 is 4.74 Å². The van der Waals surface area contributed by atoms with Crippen LogP contribution in [0.1, 0.15) is 10.4 Å². The van der Waals surface area contributed by atoms with Crippen LogP contribution < -0.4 is 4.74 Å². The molecule has 0 aliphatic heterocycles. The Bertz CT molecular complexity index is 490. The van der Waals surface area contributed by atoms with Crippen molar-refractivity contribution in [2.45, 2.75) is 0 Å². The Morgan fingerprint density at radius 3 is 2.93 bits per heavy atom. The van der Waals surface area contributed by atoms with Gasteiger partial charge in [-0.1, -0.05) is 0 Å². The Hall–Kier alpha value is -0.620. The van der Waals surface area contributed by atoms with Crippen molar-refractivity contribution in [1.29, 1.82) is 0 Å². The summed E-state index contributed by atoms with van der Waals surface area (Å²) in [5, 5.41) is 0.980. The van der Waals surface area contributed by atoms with E-state index in [0.717, 1.165) is 30.6 Å². The molecular formula is C10H7IO2S. The summed E-state index contributed by atoms with van der Waals surface area (Å²) >= 11 is 3.88. The van der Waals surface area contributed by atoms with Crippen molar-refractivity contribution in [3.63, 3.8) is 0 Å². The molecule has 0 saturated carbocycles. The Morgan fingerprint density at radius 2 is 2.29 bits per heavy atom. The lowest BCUT2D eigenvalue weighted by molar-refractivity contribution is 0.112. The maximum absolute atomic E-state index is 10.8. The Labute approximate surface area is 99.0 Å². The summed E-state index contributed by atoms with van der Waals surface area (Å²) in [6.45, 7) is 0. The molecule has 2 rings (SSSR count). The Morgan fingerprint density at radius 1 is 1.50 bits per heavy atom. The summed E-state index contributed by atoms with van der Waals surface area (Å²) in [6.07, 6.45) is 0.880. The van der Waals surface area contributed by atoms with Crippen LogP contribution in [-0.2, 0) is 0 Å². The number of hydrogen-bond donors (Lipinski definition) is 0. The second kappa shape index (κ2) is 3.86. The van der Waals surface area contributed by atoms with Gasteiger partial charge in [0.15, 0.2) is 6.29 Å². The number of methoxy groups -OCH3 is 1. The molecule has 4 heteroatoms. The van der Waals surface area contributed by atoms with Crippen molar-refractivity contribution in [2.24, 2.45) is 0 Å². The van der Waals surface area contributed by atoms with Crippen molar-refractivity contribution < 1.29 is 9.53 Å². The smallest absolute Gasteiger partial charge is 0.150 e. The first-order valence-electron chi connectivity index (χ1n) is 3.97. The molecule has 2 nitrogen and oxygen atoms in total. The number of benzene rings is 1. The minimum absolute atomic E-state index is 0.722. The molecule has 0 radical (unpaired) electrons. The normalized spacial score (nSPS) is 10.4. The second-order valence-electron chi connectivity index (χ2n) is 2.77. The Kier molecular flexibility index (Phi) is 2.73. The fourth-order valence-corrected chi connectivity index (χ4v) is 3.24. The molecule has 1 aromatic carbocycles. The molecule has 1 aromatic heterocycles. The van der Waals surface area contributed by atoms with Gasteiger partial charge in [-0.05, 0) is 40.8 Å². The average Bonchev–Trinajstić information content (AvgIpc) is 2.57. The van der Waals surface area contributed by atoms with Gasteiger partial charge in [0.25, 0.3) is 0 Å². The summed E-state index contributed by atoms with van der Waals surface area (Å²) in [5.41, 5.74) is 0.722. The number of halogens is 1. The van der Waals surface area contributed by atoms with E-state index in [1.807, 2.05) is 12.1 Å². The SMILES string of the molecule is COc1ccc(C=O)c2cc(I)sc12. The van der Waals surface area contributed by atoms with Crippen molar-refractivity contribution in [2.75, 3.05) is 7.11 Å². The maximum atomic E-state index is 10.8. The number of rotatable bonds is 2. The van der Waals surface area contributed by atoms with Gasteiger partial charge in [0.1, 0.15) is 5.75 Å². The summed E-state index contributed by atoms with van der Waals surface area (Å²) in [4.78, 5) is 10.8. The fraction of sp³-hybridized carbons (Fsp3) is 0.100. The van der Waals surface area contributed by atoms with Crippen LogP contribution in [0, 0.1) is 2.88 Å². The van der Waals surface area contributed by atoms with Gasteiger partial charge in [-0.3, -0.25) is 4.79 Å². The highest BCUT2D eigenvalue weighted by atomic mass is 127. The fourth-order valence-electron chi connectivity index (χ4n) is 1.35. The first-order valence-corrected chi connectivity index (χ1v) is 5.87. The molecule has 1 heterocycles. The molecule has 14 heavy (non-hydrogen) atoms. The van der Waals surface area contributed by atoms with Crippen LogP contribution in [0.25, 0.3) is 10.1 Å². The number of ether oxygens (including phenoxy) is 1. The molecule has 0 unspecified atom stereocenters. The molecular weight excluding hydrogens is 311 g/mol. The van der Waals surface area contributed by atoms with Crippen LogP contribution in [0.15, 0.2) is 18.2 Å². The standard InChI is InChI=1S/C10H7IO2S/c1-13-8-3-2-6(5-12)7-4-9(11)14-10(7)8/h2-5H,1H3. The van der Waals surface area contributed by atoms with Crippen LogP contribution in [0.2, 0.25) is 0 Å². The molecule has 0 saturated heterocycles. The summed E-state index contributed by atoms with van der Waals surface area (Å²) in [6, 6.07) is 5.63. The van der Waals surface area contributed by atoms with E-state index in [4.69, 9.17) is 4.74 Å². The monoisotopic (exact) mass is 318 g/mol. The van der Waals surface area contributed by atoms with Crippen LogP contribution in [0.3, 0.4) is 0 Å². The predicted octanol–water partition coefficient (Wildman–Crippen LogP) is 3.33. The van der Waals surface area contributed by atoms with Crippen LogP contribution in [0.4, 0.5) is 0 Å². The number of hydrogen-bond acceptors (Lipinski definition) is 3. The first-order chi connectivity index (χ1) is 6.76. The highest BCUT2D eigenvalue weighted by Gasteiger charge is 2.09. The molecule has 0 atom stereocenters. The number of aldehydes is 1. The van der Waals surface area contributed by atoms with Crippen molar-refractivity contribution in [3.05, 3.63) is 26.6 Å². The van der Waals surface area contributed by atoms with E-state index in [1.54, 1.807) is 24.5 Å². The summed E-state index contributed by atoms with van der Waals surface area (Å²) in [5.74, 6) is 0.832. The van der Waals surface area contributed by atoms with Crippen LogP contribution in [-0.4, -0.2) is 13.4 Å². The van der Waals surface area contributed by atoms with E-state index in [2.05, 4.69) is 22.6 Å². The molecule has 0 N–H and O–H groups in total. The molecule has 0 fully saturated rings. The molecule has 0 aliphatic carbocycles. The van der Waals surface area contributed by atoms with Gasteiger partial charge in [-0.15, -0.1) is 11.3 Å². The number of carbonyl (C=O) groups is 1. The average molecular weight is 318 g/mol. The van der Waals surface area contributed by atoms with E-state index in [-0.39, 0.29) is 0 Å². The second-order valence-corrected chi connectivity index (χ2v) is 5.71. The third kappa shape index (κ3) is 1.52. The lowest BCUT2D eigenvalue weighted by atomic mass is 10.1. The zero-order valence-electron chi connectivity index (χ0n) is 7.41. The van der Waals surface area contributed by atoms with Gasteiger partial charge >= 0.3 is 0 Å². The lowest BCUT2D eigenvalue weighted by Gasteiger charge is -2.01. The maximum Gasteiger partial charge on any atom is 0.150 e. The Balaban J connectivity index is 2.83. The number of carbonyl (C=O) groups excluding carboxylic acids is 1. The zero-order chi connectivity index (χ0) is 10.1. The van der Waals surface area contributed by atoms with E-state index >= 15 is 0 Å². The molecule has 72 valence electrons. The summed E-state index contributed by atoms with van der Waals surface area (Å²) < 4.78 is 7.43. The van der Waals surface area contributed by atoms with E-state index in [0.29, 0.717) is 0 Å². The van der Waals surface area contributed by atoms with E-state index < -0.39 is 0 Å². The quantitative estimate of drug-likeness (QED) is 0.627. The third-order valence-electron chi connectivity index (χ3n) is 2.00. The van der Waals surface area contributed by atoms with Gasteiger partial charge in [-0.2, -0.15) is 0 Å². The molecule has 0 spiro atoms. The van der Waals surface area contributed by atoms with Crippen molar-refractivity contribution in [3.8, 4) is 5.75 Å². The van der Waals surface area contributed by atoms with Gasteiger partial charge in [0, 0.05) is 10.9 Å². The lowest BCUT2D eigenvalue weighted by Crippen LogP contribution is -1.85.